The predicted molar refractivity (Wildman–Crippen MR) is 79.9 cm³/mol. The van der Waals surface area contributed by atoms with Crippen LogP contribution in [0.5, 0.6) is 0 Å². The van der Waals surface area contributed by atoms with Gasteiger partial charge in [0, 0.05) is 17.6 Å². The highest BCUT2D eigenvalue weighted by atomic mass is 32.2. The average molecular weight is 311 g/mol. The molecule has 0 aliphatic carbocycles. The molecule has 2 aromatic rings. The molecule has 0 fully saturated rings. The minimum Gasteiger partial charge on any atom is -0.326 e. The molecular formula is C13H17N3O2S2. The number of nitrogens with two attached hydrogens (primary N) is 1. The maximum absolute atomic E-state index is 12.2. The molecule has 0 saturated carbocycles. The van der Waals surface area contributed by atoms with Gasteiger partial charge in [-0.25, -0.2) is 13.1 Å². The van der Waals surface area contributed by atoms with Crippen molar-refractivity contribution in [1.82, 2.24) is 9.71 Å². The van der Waals surface area contributed by atoms with Crippen molar-refractivity contribution in [2.75, 3.05) is 0 Å². The molecule has 7 heteroatoms. The highest BCUT2D eigenvalue weighted by Crippen LogP contribution is 2.21. The first-order chi connectivity index (χ1) is 9.56. The van der Waals surface area contributed by atoms with Crippen molar-refractivity contribution in [2.45, 2.75) is 30.6 Å². The van der Waals surface area contributed by atoms with Gasteiger partial charge in [0.25, 0.3) is 0 Å². The van der Waals surface area contributed by atoms with Gasteiger partial charge in [0.1, 0.15) is 4.21 Å². The molecule has 0 atom stereocenters. The normalized spacial score (nSPS) is 11.7. The third-order valence-electron chi connectivity index (χ3n) is 2.90. The van der Waals surface area contributed by atoms with E-state index in [1.54, 1.807) is 18.3 Å². The van der Waals surface area contributed by atoms with Crippen LogP contribution in [0, 0.1) is 0 Å². The van der Waals surface area contributed by atoms with Crippen LogP contribution < -0.4 is 10.5 Å². The fraction of sp³-hybridized carbons (Fsp3) is 0.308. The van der Waals surface area contributed by atoms with Gasteiger partial charge in [-0.2, -0.15) is 0 Å². The quantitative estimate of drug-likeness (QED) is 0.849. The fourth-order valence-corrected chi connectivity index (χ4v) is 4.07. The molecule has 3 N–H and O–H groups in total. The smallest absolute Gasteiger partial charge is 0.250 e. The molecular weight excluding hydrogens is 294 g/mol. The van der Waals surface area contributed by atoms with Crippen LogP contribution in [0.2, 0.25) is 0 Å². The van der Waals surface area contributed by atoms with Gasteiger partial charge in [-0.15, -0.1) is 11.3 Å². The van der Waals surface area contributed by atoms with Crippen LogP contribution in [0.15, 0.2) is 34.7 Å². The predicted octanol–water partition coefficient (Wildman–Crippen LogP) is 1.64. The number of hydrogen-bond donors (Lipinski definition) is 2. The van der Waals surface area contributed by atoms with E-state index in [1.165, 1.54) is 11.3 Å². The Bertz CT molecular complexity index is 680. The Morgan fingerprint density at radius 3 is 2.80 bits per heavy atom. The zero-order chi connectivity index (χ0) is 14.6. The molecule has 2 heterocycles. The summed E-state index contributed by atoms with van der Waals surface area (Å²) in [4.78, 5) is 5.07. The zero-order valence-corrected chi connectivity index (χ0v) is 12.8. The van der Waals surface area contributed by atoms with Crippen molar-refractivity contribution < 1.29 is 8.42 Å². The summed E-state index contributed by atoms with van der Waals surface area (Å²) in [6, 6.07) is 7.11. The number of sulfonamides is 1. The van der Waals surface area contributed by atoms with E-state index in [0.717, 1.165) is 22.6 Å². The summed E-state index contributed by atoms with van der Waals surface area (Å²) in [5.41, 5.74) is 7.30. The molecule has 0 bridgehead atoms. The lowest BCUT2D eigenvalue weighted by atomic mass is 10.1. The van der Waals surface area contributed by atoms with Gasteiger partial charge in [0.05, 0.1) is 12.2 Å². The minimum absolute atomic E-state index is 0.197. The van der Waals surface area contributed by atoms with Crippen LogP contribution in [0.4, 0.5) is 0 Å². The van der Waals surface area contributed by atoms with E-state index in [4.69, 9.17) is 5.73 Å². The monoisotopic (exact) mass is 311 g/mol. The highest BCUT2D eigenvalue weighted by Gasteiger charge is 2.17. The Morgan fingerprint density at radius 1 is 1.35 bits per heavy atom. The van der Waals surface area contributed by atoms with Crippen molar-refractivity contribution >= 4 is 21.4 Å². The number of aromatic nitrogens is 1. The molecule has 0 aromatic carbocycles. The van der Waals surface area contributed by atoms with Crippen LogP contribution in [0.25, 0.3) is 0 Å². The van der Waals surface area contributed by atoms with E-state index >= 15 is 0 Å². The number of aryl methyl sites for hydroxylation is 1. The molecule has 0 radical (unpaired) electrons. The first-order valence-corrected chi connectivity index (χ1v) is 8.58. The third kappa shape index (κ3) is 3.43. The van der Waals surface area contributed by atoms with E-state index in [2.05, 4.69) is 9.71 Å². The molecule has 0 aliphatic heterocycles. The summed E-state index contributed by atoms with van der Waals surface area (Å²) < 4.78 is 27.2. The third-order valence-corrected chi connectivity index (χ3v) is 5.90. The minimum atomic E-state index is -3.50. The maximum Gasteiger partial charge on any atom is 0.250 e. The second kappa shape index (κ2) is 6.45. The topological polar surface area (TPSA) is 85.1 Å². The summed E-state index contributed by atoms with van der Waals surface area (Å²) in [5.74, 6) is 0. The second-order valence-electron chi connectivity index (χ2n) is 4.21. The summed E-state index contributed by atoms with van der Waals surface area (Å²) in [7, 11) is -3.50. The number of hydrogen-bond acceptors (Lipinski definition) is 5. The van der Waals surface area contributed by atoms with E-state index in [1.807, 2.05) is 19.1 Å². The molecule has 2 aromatic heterocycles. The van der Waals surface area contributed by atoms with Crippen LogP contribution in [-0.4, -0.2) is 13.4 Å². The van der Waals surface area contributed by atoms with Crippen molar-refractivity contribution in [1.29, 1.82) is 0 Å². The molecule has 0 amide bonds. The van der Waals surface area contributed by atoms with Gasteiger partial charge in [-0.05, 0) is 30.2 Å². The Hall–Kier alpha value is -1.28. The van der Waals surface area contributed by atoms with E-state index < -0.39 is 10.0 Å². The van der Waals surface area contributed by atoms with Crippen LogP contribution >= 0.6 is 11.3 Å². The summed E-state index contributed by atoms with van der Waals surface area (Å²) in [6.07, 6.45) is 2.49. The van der Waals surface area contributed by atoms with E-state index in [-0.39, 0.29) is 10.8 Å². The average Bonchev–Trinajstić information content (AvgIpc) is 2.95. The fourth-order valence-electron chi connectivity index (χ4n) is 1.80. The second-order valence-corrected chi connectivity index (χ2v) is 7.37. The Balaban J connectivity index is 2.13. The van der Waals surface area contributed by atoms with Crippen LogP contribution in [-0.2, 0) is 29.5 Å². The lowest BCUT2D eigenvalue weighted by Crippen LogP contribution is -2.23. The molecule has 0 saturated heterocycles. The Labute approximate surface area is 122 Å². The van der Waals surface area contributed by atoms with Crippen LogP contribution in [0.1, 0.15) is 23.1 Å². The molecule has 20 heavy (non-hydrogen) atoms. The van der Waals surface area contributed by atoms with Crippen molar-refractivity contribution in [3.8, 4) is 0 Å². The largest absolute Gasteiger partial charge is 0.326 e. The highest BCUT2D eigenvalue weighted by molar-refractivity contribution is 7.91. The number of nitrogens with zero attached hydrogens (tertiary/aromatic N) is 1. The lowest BCUT2D eigenvalue weighted by molar-refractivity contribution is 0.582. The molecule has 2 rings (SSSR count). The molecule has 5 nitrogen and oxygen atoms in total. The molecule has 0 aliphatic rings. The van der Waals surface area contributed by atoms with Crippen molar-refractivity contribution in [3.63, 3.8) is 0 Å². The van der Waals surface area contributed by atoms with E-state index in [9.17, 15) is 8.42 Å². The SMILES string of the molecule is CCc1cccnc1CNS(=O)(=O)c1ccc(CN)s1. The van der Waals surface area contributed by atoms with Crippen molar-refractivity contribution in [2.24, 2.45) is 5.73 Å². The first kappa shape index (κ1) is 15.1. The molecule has 0 spiro atoms. The first-order valence-electron chi connectivity index (χ1n) is 6.28. The van der Waals surface area contributed by atoms with Gasteiger partial charge in [-0.3, -0.25) is 4.98 Å². The van der Waals surface area contributed by atoms with Gasteiger partial charge in [0.15, 0.2) is 0 Å². The molecule has 108 valence electrons. The van der Waals surface area contributed by atoms with E-state index in [0.29, 0.717) is 6.54 Å². The van der Waals surface area contributed by atoms with Gasteiger partial charge in [0.2, 0.25) is 10.0 Å². The molecule has 0 unspecified atom stereocenters. The van der Waals surface area contributed by atoms with Crippen molar-refractivity contribution in [3.05, 3.63) is 46.6 Å². The summed E-state index contributed by atoms with van der Waals surface area (Å²) in [5, 5.41) is 0. The Morgan fingerprint density at radius 2 is 2.15 bits per heavy atom. The number of rotatable bonds is 6. The number of pyridine rings is 1. The van der Waals surface area contributed by atoms with Gasteiger partial charge >= 0.3 is 0 Å². The van der Waals surface area contributed by atoms with Crippen LogP contribution in [0.3, 0.4) is 0 Å². The number of nitrogens with one attached hydrogen (secondary N) is 1. The summed E-state index contributed by atoms with van der Waals surface area (Å²) in [6.45, 7) is 2.56. The number of thiophene rings is 1. The van der Waals surface area contributed by atoms with Gasteiger partial charge < -0.3 is 5.73 Å². The summed E-state index contributed by atoms with van der Waals surface area (Å²) >= 11 is 1.19. The lowest BCUT2D eigenvalue weighted by Gasteiger charge is -2.07. The maximum atomic E-state index is 12.2. The standard InChI is InChI=1S/C13H17N3O2S2/c1-2-10-4-3-7-15-12(10)9-16-20(17,18)13-6-5-11(8-14)19-13/h3-7,16H,2,8-9,14H2,1H3. The zero-order valence-electron chi connectivity index (χ0n) is 11.2. The Kier molecular flexibility index (Phi) is 4.87. The van der Waals surface area contributed by atoms with Gasteiger partial charge in [-0.1, -0.05) is 13.0 Å².